The summed E-state index contributed by atoms with van der Waals surface area (Å²) in [4.78, 5) is 12.1. The molecular weight excluding hydrogens is 256 g/mol. The molecule has 5 N–H and O–H groups in total. The van der Waals surface area contributed by atoms with Gasteiger partial charge in [0.2, 0.25) is 0 Å². The summed E-state index contributed by atoms with van der Waals surface area (Å²) in [6.45, 7) is 1.14. The standard InChI is InChI=1S/C15H22N2O3/c16-9-15(6-2-1-3-7-15)10-17-14(20)11-4-5-12(18)13(19)8-11/h4-5,8,18-19H,1-3,6-7,9-10,16H2,(H,17,20). The van der Waals surface area contributed by atoms with Crippen molar-refractivity contribution in [1.29, 1.82) is 0 Å². The third kappa shape index (κ3) is 3.22. The second-order valence-electron chi connectivity index (χ2n) is 5.65. The first-order valence-electron chi connectivity index (χ1n) is 7.07. The highest BCUT2D eigenvalue weighted by Gasteiger charge is 2.31. The minimum Gasteiger partial charge on any atom is -0.504 e. The number of phenols is 2. The van der Waals surface area contributed by atoms with Gasteiger partial charge in [-0.2, -0.15) is 0 Å². The largest absolute Gasteiger partial charge is 0.504 e. The minimum absolute atomic E-state index is 0.00682. The first kappa shape index (κ1) is 14.7. The van der Waals surface area contributed by atoms with Gasteiger partial charge in [0.25, 0.3) is 5.91 Å². The summed E-state index contributed by atoms with van der Waals surface area (Å²) in [7, 11) is 0. The molecule has 2 rings (SSSR count). The Labute approximate surface area is 118 Å². The first-order valence-corrected chi connectivity index (χ1v) is 7.07. The van der Waals surface area contributed by atoms with Crippen molar-refractivity contribution in [3.8, 4) is 11.5 Å². The van der Waals surface area contributed by atoms with Crippen LogP contribution in [0.4, 0.5) is 0 Å². The topological polar surface area (TPSA) is 95.6 Å². The highest BCUT2D eigenvalue weighted by molar-refractivity contribution is 5.94. The fourth-order valence-corrected chi connectivity index (χ4v) is 2.79. The van der Waals surface area contributed by atoms with Crippen molar-refractivity contribution < 1.29 is 15.0 Å². The van der Waals surface area contributed by atoms with Gasteiger partial charge in [0.1, 0.15) is 0 Å². The Kier molecular flexibility index (Phi) is 4.49. The van der Waals surface area contributed by atoms with Crippen molar-refractivity contribution in [2.24, 2.45) is 11.1 Å². The number of nitrogens with two attached hydrogens (primary N) is 1. The van der Waals surface area contributed by atoms with Crippen LogP contribution in [0.25, 0.3) is 0 Å². The average Bonchev–Trinajstić information content (AvgIpc) is 2.48. The van der Waals surface area contributed by atoms with Gasteiger partial charge >= 0.3 is 0 Å². The van der Waals surface area contributed by atoms with E-state index >= 15 is 0 Å². The Balaban J connectivity index is 1.98. The van der Waals surface area contributed by atoms with Crippen LogP contribution in [0.2, 0.25) is 0 Å². The lowest BCUT2D eigenvalue weighted by Crippen LogP contribution is -2.43. The molecule has 1 aliphatic carbocycles. The van der Waals surface area contributed by atoms with E-state index in [-0.39, 0.29) is 22.8 Å². The molecule has 0 aromatic heterocycles. The Morgan fingerprint density at radius 2 is 1.90 bits per heavy atom. The SMILES string of the molecule is NCC1(CNC(=O)c2ccc(O)c(O)c2)CCCCC1. The maximum atomic E-state index is 12.1. The Hall–Kier alpha value is -1.75. The van der Waals surface area contributed by atoms with Crippen molar-refractivity contribution in [3.63, 3.8) is 0 Å². The number of hydrogen-bond donors (Lipinski definition) is 4. The molecule has 1 aromatic carbocycles. The molecule has 1 aliphatic rings. The fraction of sp³-hybridized carbons (Fsp3) is 0.533. The summed E-state index contributed by atoms with van der Waals surface area (Å²) in [6.07, 6.45) is 5.65. The maximum absolute atomic E-state index is 12.1. The van der Waals surface area contributed by atoms with Gasteiger partial charge in [-0.05, 0) is 43.0 Å². The molecule has 0 bridgehead atoms. The molecule has 5 heteroatoms. The number of rotatable bonds is 4. The second-order valence-corrected chi connectivity index (χ2v) is 5.65. The molecule has 1 saturated carbocycles. The molecule has 0 radical (unpaired) electrons. The van der Waals surface area contributed by atoms with Gasteiger partial charge in [0.15, 0.2) is 11.5 Å². The molecule has 1 amide bonds. The predicted octanol–water partition coefficient (Wildman–Crippen LogP) is 1.74. The van der Waals surface area contributed by atoms with E-state index in [9.17, 15) is 15.0 Å². The number of benzene rings is 1. The van der Waals surface area contributed by atoms with Crippen LogP contribution in [0.3, 0.4) is 0 Å². The number of amides is 1. The number of carbonyl (C=O) groups excluding carboxylic acids is 1. The molecule has 1 fully saturated rings. The summed E-state index contributed by atoms with van der Waals surface area (Å²) in [5.41, 5.74) is 6.23. The predicted molar refractivity (Wildman–Crippen MR) is 76.7 cm³/mol. The summed E-state index contributed by atoms with van der Waals surface area (Å²) < 4.78 is 0. The number of phenolic OH excluding ortho intramolecular Hbond substituents is 2. The van der Waals surface area contributed by atoms with Crippen molar-refractivity contribution in [3.05, 3.63) is 23.8 Å². The Bertz CT molecular complexity index is 482. The van der Waals surface area contributed by atoms with E-state index in [4.69, 9.17) is 5.73 Å². The van der Waals surface area contributed by atoms with Gasteiger partial charge in [0, 0.05) is 12.1 Å². The van der Waals surface area contributed by atoms with Crippen LogP contribution in [-0.2, 0) is 0 Å². The number of hydrogen-bond acceptors (Lipinski definition) is 4. The fourth-order valence-electron chi connectivity index (χ4n) is 2.79. The number of nitrogens with one attached hydrogen (secondary N) is 1. The molecule has 20 heavy (non-hydrogen) atoms. The van der Waals surface area contributed by atoms with E-state index in [0.29, 0.717) is 18.7 Å². The van der Waals surface area contributed by atoms with Gasteiger partial charge in [-0.25, -0.2) is 0 Å². The molecule has 0 saturated heterocycles. The third-order valence-electron chi connectivity index (χ3n) is 4.21. The molecule has 0 atom stereocenters. The normalized spacial score (nSPS) is 17.6. The van der Waals surface area contributed by atoms with Gasteiger partial charge < -0.3 is 21.3 Å². The first-order chi connectivity index (χ1) is 9.56. The van der Waals surface area contributed by atoms with Crippen LogP contribution in [0.5, 0.6) is 11.5 Å². The van der Waals surface area contributed by atoms with Crippen LogP contribution in [-0.4, -0.2) is 29.2 Å². The second kappa shape index (κ2) is 6.13. The zero-order valence-electron chi connectivity index (χ0n) is 11.6. The van der Waals surface area contributed by atoms with Gasteiger partial charge in [0.05, 0.1) is 0 Å². The quantitative estimate of drug-likeness (QED) is 0.631. The molecular formula is C15H22N2O3. The third-order valence-corrected chi connectivity index (χ3v) is 4.21. The van der Waals surface area contributed by atoms with Crippen LogP contribution >= 0.6 is 0 Å². The van der Waals surface area contributed by atoms with E-state index < -0.39 is 0 Å². The molecule has 1 aromatic rings. The Morgan fingerprint density at radius 3 is 2.50 bits per heavy atom. The lowest BCUT2D eigenvalue weighted by atomic mass is 9.74. The van der Waals surface area contributed by atoms with E-state index in [1.807, 2.05) is 0 Å². The van der Waals surface area contributed by atoms with Crippen molar-refractivity contribution in [2.75, 3.05) is 13.1 Å². The van der Waals surface area contributed by atoms with Crippen molar-refractivity contribution in [1.82, 2.24) is 5.32 Å². The lowest BCUT2D eigenvalue weighted by Gasteiger charge is -2.36. The Morgan fingerprint density at radius 1 is 1.20 bits per heavy atom. The van der Waals surface area contributed by atoms with E-state index in [0.717, 1.165) is 25.7 Å². The van der Waals surface area contributed by atoms with Crippen LogP contribution in [0.1, 0.15) is 42.5 Å². The van der Waals surface area contributed by atoms with Crippen LogP contribution in [0, 0.1) is 5.41 Å². The smallest absolute Gasteiger partial charge is 0.251 e. The number of aromatic hydroxyl groups is 2. The van der Waals surface area contributed by atoms with Gasteiger partial charge in [-0.3, -0.25) is 4.79 Å². The minimum atomic E-state index is -0.288. The summed E-state index contributed by atoms with van der Waals surface area (Å²) >= 11 is 0. The molecule has 0 aliphatic heterocycles. The zero-order chi connectivity index (χ0) is 14.6. The molecule has 5 nitrogen and oxygen atoms in total. The van der Waals surface area contributed by atoms with E-state index in [1.165, 1.54) is 24.6 Å². The highest BCUT2D eigenvalue weighted by atomic mass is 16.3. The molecule has 0 spiro atoms. The summed E-state index contributed by atoms with van der Waals surface area (Å²) in [5.74, 6) is -0.769. The lowest BCUT2D eigenvalue weighted by molar-refractivity contribution is 0.0913. The summed E-state index contributed by atoms with van der Waals surface area (Å²) in [5, 5.41) is 21.5. The highest BCUT2D eigenvalue weighted by Crippen LogP contribution is 2.34. The summed E-state index contributed by atoms with van der Waals surface area (Å²) in [6, 6.07) is 4.06. The molecule has 0 heterocycles. The van der Waals surface area contributed by atoms with E-state index in [1.54, 1.807) is 0 Å². The zero-order valence-corrected chi connectivity index (χ0v) is 11.6. The number of carbonyl (C=O) groups is 1. The molecule has 110 valence electrons. The van der Waals surface area contributed by atoms with Gasteiger partial charge in [-0.15, -0.1) is 0 Å². The van der Waals surface area contributed by atoms with E-state index in [2.05, 4.69) is 5.32 Å². The monoisotopic (exact) mass is 278 g/mol. The van der Waals surface area contributed by atoms with Crippen molar-refractivity contribution in [2.45, 2.75) is 32.1 Å². The van der Waals surface area contributed by atoms with Crippen molar-refractivity contribution >= 4 is 5.91 Å². The average molecular weight is 278 g/mol. The molecule has 0 unspecified atom stereocenters. The van der Waals surface area contributed by atoms with Crippen LogP contribution < -0.4 is 11.1 Å². The van der Waals surface area contributed by atoms with Crippen LogP contribution in [0.15, 0.2) is 18.2 Å². The maximum Gasteiger partial charge on any atom is 0.251 e. The van der Waals surface area contributed by atoms with Gasteiger partial charge in [-0.1, -0.05) is 19.3 Å².